The van der Waals surface area contributed by atoms with Crippen LogP contribution in [0.2, 0.25) is 0 Å². The molecule has 1 aliphatic rings. The Morgan fingerprint density at radius 1 is 1.73 bits per heavy atom. The molecule has 0 aromatic heterocycles. The highest BCUT2D eigenvalue weighted by Gasteiger charge is 2.36. The lowest BCUT2D eigenvalue weighted by Gasteiger charge is -2.13. The molecule has 1 saturated heterocycles. The minimum absolute atomic E-state index is 0.124. The first-order valence-corrected chi connectivity index (χ1v) is 3.66. The largest absolute Gasteiger partial charge is 0.468 e. The van der Waals surface area contributed by atoms with Gasteiger partial charge in [0, 0.05) is 6.54 Å². The van der Waals surface area contributed by atoms with Crippen molar-refractivity contribution >= 4 is 5.97 Å². The number of aliphatic hydroxyl groups is 1. The van der Waals surface area contributed by atoms with Crippen molar-refractivity contribution in [2.45, 2.75) is 19.1 Å². The molecule has 0 aromatic rings. The molecule has 1 heterocycles. The van der Waals surface area contributed by atoms with E-state index in [-0.39, 0.29) is 11.9 Å². The summed E-state index contributed by atoms with van der Waals surface area (Å²) < 4.78 is 4.49. The molecule has 0 radical (unpaired) electrons. The van der Waals surface area contributed by atoms with Crippen LogP contribution < -0.4 is 5.32 Å². The first-order chi connectivity index (χ1) is 5.16. The highest BCUT2D eigenvalue weighted by Crippen LogP contribution is 2.14. The smallest absolute Gasteiger partial charge is 0.325 e. The van der Waals surface area contributed by atoms with Crippen molar-refractivity contribution in [3.63, 3.8) is 0 Å². The lowest BCUT2D eigenvalue weighted by atomic mass is 10.0. The van der Waals surface area contributed by atoms with E-state index in [0.29, 0.717) is 6.54 Å². The highest BCUT2D eigenvalue weighted by atomic mass is 16.5. The van der Waals surface area contributed by atoms with Crippen LogP contribution in [0.15, 0.2) is 0 Å². The van der Waals surface area contributed by atoms with E-state index in [1.807, 2.05) is 6.92 Å². The second-order valence-corrected chi connectivity index (χ2v) is 2.88. The second-order valence-electron chi connectivity index (χ2n) is 2.88. The molecule has 0 spiro atoms. The van der Waals surface area contributed by atoms with E-state index in [9.17, 15) is 9.90 Å². The minimum Gasteiger partial charge on any atom is -0.468 e. The summed E-state index contributed by atoms with van der Waals surface area (Å²) in [5.41, 5.74) is 0. The van der Waals surface area contributed by atoms with Gasteiger partial charge in [0.2, 0.25) is 0 Å². The Hall–Kier alpha value is -0.610. The summed E-state index contributed by atoms with van der Waals surface area (Å²) in [7, 11) is 1.32. The maximum atomic E-state index is 10.9. The van der Waals surface area contributed by atoms with Gasteiger partial charge in [-0.3, -0.25) is 4.79 Å². The van der Waals surface area contributed by atoms with Gasteiger partial charge in [-0.1, -0.05) is 6.92 Å². The van der Waals surface area contributed by atoms with Crippen molar-refractivity contribution < 1.29 is 14.6 Å². The fourth-order valence-corrected chi connectivity index (χ4v) is 1.23. The van der Waals surface area contributed by atoms with Gasteiger partial charge in [-0.2, -0.15) is 0 Å². The predicted molar refractivity (Wildman–Crippen MR) is 39.0 cm³/mol. The number of aliphatic hydroxyl groups excluding tert-OH is 1. The van der Waals surface area contributed by atoms with Gasteiger partial charge in [-0.05, 0) is 5.92 Å². The number of hydrogen-bond donors (Lipinski definition) is 2. The maximum absolute atomic E-state index is 10.9. The average molecular weight is 159 g/mol. The van der Waals surface area contributed by atoms with Crippen LogP contribution >= 0.6 is 0 Å². The van der Waals surface area contributed by atoms with Gasteiger partial charge in [0.15, 0.2) is 0 Å². The summed E-state index contributed by atoms with van der Waals surface area (Å²) in [6, 6.07) is -0.532. The molecule has 0 aliphatic carbocycles. The number of ether oxygens (including phenoxy) is 1. The Balaban J connectivity index is 2.54. The number of nitrogens with one attached hydrogen (secondary N) is 1. The first kappa shape index (κ1) is 8.49. The van der Waals surface area contributed by atoms with Gasteiger partial charge in [0.05, 0.1) is 13.2 Å². The second kappa shape index (κ2) is 3.19. The third-order valence-electron chi connectivity index (χ3n) is 2.04. The Bertz CT molecular complexity index is 160. The first-order valence-electron chi connectivity index (χ1n) is 3.66. The molecule has 4 nitrogen and oxygen atoms in total. The van der Waals surface area contributed by atoms with Gasteiger partial charge in [0.25, 0.3) is 0 Å². The molecule has 0 amide bonds. The summed E-state index contributed by atoms with van der Waals surface area (Å²) in [6.07, 6.45) is -0.609. The van der Waals surface area contributed by atoms with Crippen molar-refractivity contribution in [2.24, 2.45) is 5.92 Å². The Labute approximate surface area is 65.5 Å². The fourth-order valence-electron chi connectivity index (χ4n) is 1.23. The molecule has 4 heteroatoms. The zero-order valence-corrected chi connectivity index (χ0v) is 6.70. The van der Waals surface area contributed by atoms with E-state index in [1.54, 1.807) is 0 Å². The van der Waals surface area contributed by atoms with Crippen molar-refractivity contribution in [3.8, 4) is 0 Å². The molecular weight excluding hydrogens is 146 g/mol. The average Bonchev–Trinajstić information content (AvgIpc) is 2.32. The molecule has 2 N–H and O–H groups in total. The lowest BCUT2D eigenvalue weighted by molar-refractivity contribution is -0.145. The third-order valence-corrected chi connectivity index (χ3v) is 2.04. The van der Waals surface area contributed by atoms with Gasteiger partial charge in [-0.15, -0.1) is 0 Å². The molecular formula is C7H13NO3. The van der Waals surface area contributed by atoms with Crippen LogP contribution in [0, 0.1) is 5.92 Å². The standard InChI is InChI=1S/C7H13NO3/c1-4-3-8-5(6(4)9)7(10)11-2/h4-6,8-9H,3H2,1-2H3/t4?,5-,6?/m0/s1. The number of hydrogen-bond acceptors (Lipinski definition) is 4. The number of carbonyl (C=O) groups excluding carboxylic acids is 1. The zero-order chi connectivity index (χ0) is 8.43. The summed E-state index contributed by atoms with van der Waals surface area (Å²) in [5.74, 6) is -0.263. The summed E-state index contributed by atoms with van der Waals surface area (Å²) in [6.45, 7) is 2.56. The van der Waals surface area contributed by atoms with E-state index in [0.717, 1.165) is 0 Å². The van der Waals surface area contributed by atoms with Gasteiger partial charge < -0.3 is 15.2 Å². The van der Waals surface area contributed by atoms with E-state index in [2.05, 4.69) is 10.1 Å². The fraction of sp³-hybridized carbons (Fsp3) is 0.857. The van der Waals surface area contributed by atoms with Gasteiger partial charge in [-0.25, -0.2) is 0 Å². The van der Waals surface area contributed by atoms with E-state index >= 15 is 0 Å². The number of esters is 1. The number of rotatable bonds is 1. The SMILES string of the molecule is COC(=O)[C@H]1NCC(C)C1O. The van der Waals surface area contributed by atoms with Crippen LogP contribution in [0.4, 0.5) is 0 Å². The Morgan fingerprint density at radius 2 is 2.36 bits per heavy atom. The Kier molecular flexibility index (Phi) is 2.46. The van der Waals surface area contributed by atoms with Gasteiger partial charge in [0.1, 0.15) is 6.04 Å². The highest BCUT2D eigenvalue weighted by molar-refractivity contribution is 5.76. The molecule has 1 aliphatic heterocycles. The monoisotopic (exact) mass is 159 g/mol. The van der Waals surface area contributed by atoms with Crippen molar-refractivity contribution in [1.82, 2.24) is 5.32 Å². The van der Waals surface area contributed by atoms with Crippen LogP contribution in [0.3, 0.4) is 0 Å². The molecule has 2 unspecified atom stereocenters. The van der Waals surface area contributed by atoms with E-state index in [4.69, 9.17) is 0 Å². The van der Waals surface area contributed by atoms with Crippen LogP contribution in [0.5, 0.6) is 0 Å². The van der Waals surface area contributed by atoms with Crippen molar-refractivity contribution in [1.29, 1.82) is 0 Å². The van der Waals surface area contributed by atoms with Crippen LogP contribution in [0.25, 0.3) is 0 Å². The van der Waals surface area contributed by atoms with Crippen LogP contribution in [0.1, 0.15) is 6.92 Å². The van der Waals surface area contributed by atoms with E-state index < -0.39 is 12.1 Å². The van der Waals surface area contributed by atoms with Crippen molar-refractivity contribution in [3.05, 3.63) is 0 Å². The summed E-state index contributed by atoms with van der Waals surface area (Å²) in [5, 5.41) is 12.3. The van der Waals surface area contributed by atoms with Crippen LogP contribution in [-0.2, 0) is 9.53 Å². The molecule has 64 valence electrons. The molecule has 11 heavy (non-hydrogen) atoms. The zero-order valence-electron chi connectivity index (χ0n) is 6.70. The topological polar surface area (TPSA) is 58.6 Å². The number of carbonyl (C=O) groups is 1. The molecule has 1 fully saturated rings. The minimum atomic E-state index is -0.609. The van der Waals surface area contributed by atoms with Gasteiger partial charge >= 0.3 is 5.97 Å². The Morgan fingerprint density at radius 3 is 2.73 bits per heavy atom. The molecule has 1 rings (SSSR count). The summed E-state index contributed by atoms with van der Waals surface area (Å²) in [4.78, 5) is 10.9. The lowest BCUT2D eigenvalue weighted by Crippen LogP contribution is -2.39. The molecule has 0 aromatic carbocycles. The molecule has 0 bridgehead atoms. The normalized spacial score (nSPS) is 37.2. The third kappa shape index (κ3) is 1.52. The predicted octanol–water partition coefficient (Wildman–Crippen LogP) is -0.872. The van der Waals surface area contributed by atoms with Crippen LogP contribution in [-0.4, -0.2) is 36.9 Å². The number of methoxy groups -OCH3 is 1. The maximum Gasteiger partial charge on any atom is 0.325 e. The molecule has 0 saturated carbocycles. The van der Waals surface area contributed by atoms with E-state index in [1.165, 1.54) is 7.11 Å². The summed E-state index contributed by atoms with van der Waals surface area (Å²) >= 11 is 0. The van der Waals surface area contributed by atoms with Crippen molar-refractivity contribution in [2.75, 3.05) is 13.7 Å². The molecule has 3 atom stereocenters. The quantitative estimate of drug-likeness (QED) is 0.488.